The third-order valence-corrected chi connectivity index (χ3v) is 15.7. The molecule has 0 spiro atoms. The monoisotopic (exact) mass is 1370 g/mol. The molecule has 22 N–H and O–H groups in total. The van der Waals surface area contributed by atoms with E-state index in [0.717, 1.165) is 0 Å². The number of esters is 1. The average molecular weight is 1370 g/mol. The molecular weight excluding hydrogens is 1290 g/mol. The summed E-state index contributed by atoms with van der Waals surface area (Å²) in [5.74, 6) is 3.52. The summed E-state index contributed by atoms with van der Waals surface area (Å²) in [6, 6.07) is 7.31. The zero-order valence-corrected chi connectivity index (χ0v) is 49.8. The van der Waals surface area contributed by atoms with Crippen molar-refractivity contribution in [1.29, 1.82) is 0 Å². The molecule has 90 heavy (non-hydrogen) atoms. The van der Waals surface area contributed by atoms with Crippen molar-refractivity contribution in [2.75, 3.05) is 46.2 Å². The van der Waals surface area contributed by atoms with Gasteiger partial charge in [-0.15, -0.1) is 18.6 Å². The van der Waals surface area contributed by atoms with Crippen LogP contribution in [0.15, 0.2) is 30.3 Å². The highest BCUT2D eigenvalue weighted by molar-refractivity contribution is 7.17. The highest BCUT2D eigenvalue weighted by Gasteiger charge is 2.57. The molecule has 6 aliphatic heterocycles. The van der Waals surface area contributed by atoms with Gasteiger partial charge in [0.1, 0.15) is 128 Å². The first kappa shape index (κ1) is 78.1. The van der Waals surface area contributed by atoms with Gasteiger partial charge >= 0.3 is 23.3 Å². The summed E-state index contributed by atoms with van der Waals surface area (Å²) in [6.07, 6.45) is -54.0. The van der Waals surface area contributed by atoms with Crippen LogP contribution in [-0.4, -0.2) is 339 Å². The van der Waals surface area contributed by atoms with E-state index in [2.05, 4.69) is 18.6 Å². The Morgan fingerprint density at radius 3 is 1.38 bits per heavy atom. The summed E-state index contributed by atoms with van der Waals surface area (Å²) in [4.78, 5) is 25.1. The molecule has 1 aromatic carbocycles. The minimum Gasteiger partial charge on any atom is -0.450 e. The molecule has 1 amide bonds. The number of aliphatic hydroxyl groups is 17. The van der Waals surface area contributed by atoms with Crippen molar-refractivity contribution in [2.45, 2.75) is 197 Å². The van der Waals surface area contributed by atoms with Gasteiger partial charge in [0, 0.05) is 12.1 Å². The highest BCUT2D eigenvalue weighted by atomic mass is 31.1. The van der Waals surface area contributed by atoms with E-state index in [4.69, 9.17) is 87.1 Å². The summed E-state index contributed by atoms with van der Waals surface area (Å²) >= 11 is 0. The Morgan fingerprint density at radius 2 is 0.867 bits per heavy atom. The number of ether oxygens (including phenoxy) is 13. The van der Waals surface area contributed by atoms with Gasteiger partial charge in [0.15, 0.2) is 43.8 Å². The van der Waals surface area contributed by atoms with Gasteiger partial charge in [-0.2, -0.15) is 0 Å². The largest absolute Gasteiger partial charge is 0.450 e. The standard InChI is InChI=1S/C47H75N2O32P.2HO3P/c48-49-22(54)7-4-8-69-43-34(66)36(79-47-39(32(64)25(57)18(11-52)75-47)81-46-38(31(63)24(56)17(10-51)74-46)78-41(68)15-5-2-1-3-6-15)27(59)21(77-43)14-70-42-33(65)29(61)26(58)20(76-42)13-71-45-37(30(62)23(55)16(9-50)73-45)80-44-35(67)40(82)28(60)19(12-53)72-44;2*1-3-4-2/h1-3,5-6,16-21,23-40,42-47,50-53,55-67H,4,7-14,48,82H2,(H,49,54);2*1H/t16?,17?,18?,19?,20?,21?,23-,24-,25-,26-,27-,28-,29+,30+,31+,32+,33?,34?,35?,36+,37?,38?,39?,40+,42+,43-,44-,45+,46-,47-;;/m1../s1. The van der Waals surface area contributed by atoms with Gasteiger partial charge in [-0.05, 0) is 18.6 Å². The first-order valence-corrected chi connectivity index (χ1v) is 29.3. The summed E-state index contributed by atoms with van der Waals surface area (Å²) in [7, 11) is 0.777. The predicted octanol–water partition coefficient (Wildman–Crippen LogP) is -10.2. The van der Waals surface area contributed by atoms with Crippen LogP contribution >= 0.6 is 26.6 Å². The normalized spacial score (nSPS) is 42.2. The molecule has 13 unspecified atom stereocenters. The second-order valence-corrected chi connectivity index (χ2v) is 21.9. The maximum Gasteiger partial charge on any atom is 0.358 e. The van der Waals surface area contributed by atoms with Gasteiger partial charge in [0.25, 0.3) is 0 Å². The van der Waals surface area contributed by atoms with Crippen molar-refractivity contribution < 1.29 is 187 Å². The van der Waals surface area contributed by atoms with E-state index < -0.39 is 253 Å². The zero-order valence-electron chi connectivity index (χ0n) is 46.9. The Balaban J connectivity index is 0.00000173. The Morgan fingerprint density at radius 1 is 0.467 bits per heavy atom. The van der Waals surface area contributed by atoms with Crippen LogP contribution < -0.4 is 11.3 Å². The third-order valence-electron chi connectivity index (χ3n) is 14.8. The number of benzene rings is 1. The van der Waals surface area contributed by atoms with Crippen LogP contribution in [0.3, 0.4) is 0 Å². The smallest absolute Gasteiger partial charge is 0.358 e. The van der Waals surface area contributed by atoms with Crippen LogP contribution in [0.2, 0.25) is 0 Å². The topological polar surface area (TPSA) is 629 Å². The lowest BCUT2D eigenvalue weighted by atomic mass is 9.96. The molecule has 1 aromatic rings. The molecule has 7 rings (SSSR count). The van der Waals surface area contributed by atoms with Crippen LogP contribution in [0.25, 0.3) is 0 Å². The number of rotatable bonds is 25. The highest BCUT2D eigenvalue weighted by Crippen LogP contribution is 2.37. The fourth-order valence-electron chi connectivity index (χ4n) is 9.81. The van der Waals surface area contributed by atoms with Crippen LogP contribution in [0.1, 0.15) is 23.2 Å². The molecule has 43 heteroatoms. The van der Waals surface area contributed by atoms with E-state index in [9.17, 15) is 96.4 Å². The Kier molecular flexibility index (Phi) is 33.2. The average Bonchev–Trinajstić information content (AvgIpc) is 1.03. The number of amides is 1. The Labute approximate surface area is 514 Å². The molecule has 6 aliphatic rings. The number of aliphatic hydroxyl groups excluding tert-OH is 17. The van der Waals surface area contributed by atoms with Crippen molar-refractivity contribution >= 4 is 38.5 Å². The molecule has 0 saturated carbocycles. The first-order chi connectivity index (χ1) is 42.9. The third kappa shape index (κ3) is 20.0. The fourth-order valence-corrected chi connectivity index (χ4v) is 10.2. The first-order valence-electron chi connectivity index (χ1n) is 27.2. The van der Waals surface area contributed by atoms with Crippen LogP contribution in [0.4, 0.5) is 0 Å². The van der Waals surface area contributed by atoms with E-state index in [1.54, 1.807) is 6.07 Å². The minimum atomic E-state index is -2.15. The van der Waals surface area contributed by atoms with E-state index in [0.29, 0.717) is 0 Å². The minimum absolute atomic E-state index is 0.0286. The predicted molar refractivity (Wildman–Crippen MR) is 284 cm³/mol. The number of nitrogens with two attached hydrogens (primary N) is 1. The van der Waals surface area contributed by atoms with Gasteiger partial charge in [0.2, 0.25) is 5.91 Å². The van der Waals surface area contributed by atoms with Crippen LogP contribution in [-0.2, 0) is 84.9 Å². The van der Waals surface area contributed by atoms with Gasteiger partial charge in [0.05, 0.1) is 57.9 Å². The molecule has 0 radical (unpaired) electrons. The molecule has 6 fully saturated rings. The van der Waals surface area contributed by atoms with Gasteiger partial charge in [-0.1, -0.05) is 18.2 Å². The zero-order chi connectivity index (χ0) is 66.7. The fraction of sp³-hybridized carbons (Fsp3) is 0.830. The summed E-state index contributed by atoms with van der Waals surface area (Å²) in [5.41, 5.74) is 0.871. The lowest BCUT2D eigenvalue weighted by Gasteiger charge is -2.49. The molecule has 6 heterocycles. The van der Waals surface area contributed by atoms with Crippen LogP contribution in [0, 0.1) is 0 Å². The van der Waals surface area contributed by atoms with Crippen molar-refractivity contribution in [1.82, 2.24) is 5.43 Å². The summed E-state index contributed by atoms with van der Waals surface area (Å²) in [6.45, 7) is -5.56. The number of carbonyl (C=O) groups is 2. The molecule has 0 aliphatic carbocycles. The van der Waals surface area contributed by atoms with Gasteiger partial charge in [-0.3, -0.25) is 10.2 Å². The lowest BCUT2D eigenvalue weighted by Crippen LogP contribution is -2.67. The second-order valence-electron chi connectivity index (χ2n) is 20.5. The molecule has 0 bridgehead atoms. The SMILES string of the molecule is NNC(=O)CCCO[C@@H]1OC(CO[C@H]2OC(CO[C@H]3OC(CO)[C@@H](O)[C@H](O)C3O[C@H]3OC(CO)[C@@H](O)[C@H](P)C3O)[C@@H](O)[C@H](O)C2O)[C@@H](O)[C@H](O[C@H]2OC(CO)[C@@H](O)[C@H](O)C2O[C@H]2OC(CO)[C@@H](O)[C@H](O)C2OC(=O)c2ccccc2)C1O.O=POO.O=POO. The summed E-state index contributed by atoms with van der Waals surface area (Å²) in [5, 5.41) is 198. The Bertz CT molecular complexity index is 2270. The second kappa shape index (κ2) is 38.2. The van der Waals surface area contributed by atoms with Crippen molar-refractivity contribution in [3.63, 3.8) is 0 Å². The number of hydrazine groups is 1. The molecule has 0 aromatic heterocycles. The number of hydrogen-bond acceptors (Lipinski definition) is 39. The van der Waals surface area contributed by atoms with E-state index in [1.807, 2.05) is 5.43 Å². The van der Waals surface area contributed by atoms with Gasteiger partial charge < -0.3 is 148 Å². The van der Waals surface area contributed by atoms with Crippen molar-refractivity contribution in [3.8, 4) is 0 Å². The lowest BCUT2D eigenvalue weighted by molar-refractivity contribution is -0.390. The molecule has 518 valence electrons. The maximum atomic E-state index is 13.2. The number of carbonyl (C=O) groups excluding carboxylic acids is 2. The van der Waals surface area contributed by atoms with Crippen molar-refractivity contribution in [2.24, 2.45) is 5.84 Å². The van der Waals surface area contributed by atoms with Crippen LogP contribution in [0.5, 0.6) is 0 Å². The molecular formula is C47H77N2O38P3. The van der Waals surface area contributed by atoms with E-state index >= 15 is 0 Å². The van der Waals surface area contributed by atoms with E-state index in [1.165, 1.54) is 24.3 Å². The summed E-state index contributed by atoms with van der Waals surface area (Å²) < 4.78 is 98.6. The van der Waals surface area contributed by atoms with Gasteiger partial charge in [-0.25, -0.2) is 30.3 Å². The molecule has 40 nitrogen and oxygen atoms in total. The van der Waals surface area contributed by atoms with Crippen molar-refractivity contribution in [3.05, 3.63) is 35.9 Å². The molecule has 31 atom stereocenters. The number of nitrogens with one attached hydrogen (secondary N) is 1. The van der Waals surface area contributed by atoms with E-state index in [-0.39, 0.29) is 25.0 Å². The Hall–Kier alpha value is -2.57. The molecule has 6 saturated heterocycles. The quantitative estimate of drug-likeness (QED) is 0.00822. The maximum absolute atomic E-state index is 13.2. The number of hydrogen-bond donors (Lipinski definition) is 21.